The highest BCUT2D eigenvalue weighted by molar-refractivity contribution is 7.15. The first-order valence-electron chi connectivity index (χ1n) is 8.75. The predicted molar refractivity (Wildman–Crippen MR) is 113 cm³/mol. The van der Waals surface area contributed by atoms with E-state index in [2.05, 4.69) is 10.3 Å². The topological polar surface area (TPSA) is 60.5 Å². The Kier molecular flexibility index (Phi) is 6.54. The number of halogens is 1. The Morgan fingerprint density at radius 3 is 2.57 bits per heavy atom. The fourth-order valence-electron chi connectivity index (χ4n) is 2.83. The van der Waals surface area contributed by atoms with E-state index >= 15 is 0 Å². The van der Waals surface area contributed by atoms with Crippen molar-refractivity contribution in [1.82, 2.24) is 10.3 Å². The van der Waals surface area contributed by atoms with Gasteiger partial charge >= 0.3 is 0 Å². The molecule has 0 aliphatic carbocycles. The number of para-hydroxylation sites is 1. The second-order valence-electron chi connectivity index (χ2n) is 6.08. The third-order valence-corrected chi connectivity index (χ3v) is 5.79. The average molecular weight is 417 g/mol. The fourth-order valence-corrected chi connectivity index (χ4v) is 4.02. The number of nitrogens with zero attached hydrogens (tertiary/aromatic N) is 1. The van der Waals surface area contributed by atoms with Crippen LogP contribution >= 0.6 is 22.9 Å². The Labute approximate surface area is 173 Å². The number of amides is 1. The minimum atomic E-state index is -0.198. The van der Waals surface area contributed by atoms with E-state index in [-0.39, 0.29) is 5.91 Å². The number of nitrogens with one attached hydrogen (secondary N) is 1. The number of hydrogen-bond donors (Lipinski definition) is 1. The quantitative estimate of drug-likeness (QED) is 0.603. The molecule has 0 spiro atoms. The van der Waals surface area contributed by atoms with Crippen LogP contribution in [0.5, 0.6) is 11.5 Å². The third-order valence-electron chi connectivity index (χ3n) is 4.27. The van der Waals surface area contributed by atoms with E-state index in [1.54, 1.807) is 36.6 Å². The lowest BCUT2D eigenvalue weighted by Crippen LogP contribution is -2.26. The first kappa shape index (κ1) is 20.2. The first-order valence-corrected chi connectivity index (χ1v) is 9.94. The van der Waals surface area contributed by atoms with Gasteiger partial charge in [0.1, 0.15) is 5.01 Å². The highest BCUT2D eigenvalue weighted by Crippen LogP contribution is 2.31. The summed E-state index contributed by atoms with van der Waals surface area (Å²) in [5.41, 5.74) is 2.46. The van der Waals surface area contributed by atoms with E-state index in [1.165, 1.54) is 7.11 Å². The largest absolute Gasteiger partial charge is 0.493 e. The smallest absolute Gasteiger partial charge is 0.255 e. The summed E-state index contributed by atoms with van der Waals surface area (Å²) in [6, 6.07) is 12.9. The maximum atomic E-state index is 12.6. The van der Waals surface area contributed by atoms with E-state index in [1.807, 2.05) is 31.2 Å². The van der Waals surface area contributed by atoms with Gasteiger partial charge in [-0.1, -0.05) is 29.8 Å². The molecule has 1 N–H and O–H groups in total. The summed E-state index contributed by atoms with van der Waals surface area (Å²) in [4.78, 5) is 18.3. The summed E-state index contributed by atoms with van der Waals surface area (Å²) in [7, 11) is 3.07. The van der Waals surface area contributed by atoms with E-state index in [0.717, 1.165) is 21.1 Å². The Hall–Kier alpha value is -2.57. The van der Waals surface area contributed by atoms with E-state index in [0.29, 0.717) is 35.1 Å². The Morgan fingerprint density at radius 2 is 1.89 bits per heavy atom. The van der Waals surface area contributed by atoms with Crippen LogP contribution in [-0.2, 0) is 6.42 Å². The molecule has 3 rings (SSSR count). The molecule has 0 atom stereocenters. The molecular weight excluding hydrogens is 396 g/mol. The highest BCUT2D eigenvalue weighted by atomic mass is 35.5. The molecule has 1 heterocycles. The molecule has 0 saturated carbocycles. The lowest BCUT2D eigenvalue weighted by molar-refractivity contribution is 0.0950. The van der Waals surface area contributed by atoms with Crippen LogP contribution in [0.4, 0.5) is 0 Å². The Balaban J connectivity index is 1.66. The summed E-state index contributed by atoms with van der Waals surface area (Å²) in [5, 5.41) is 4.59. The van der Waals surface area contributed by atoms with E-state index in [4.69, 9.17) is 21.1 Å². The molecule has 0 bridgehead atoms. The second kappa shape index (κ2) is 9.08. The molecule has 0 aliphatic heterocycles. The number of carbonyl (C=O) groups excluding carboxylic acids is 1. The number of carbonyl (C=O) groups is 1. The van der Waals surface area contributed by atoms with Crippen LogP contribution in [0.2, 0.25) is 5.02 Å². The molecule has 146 valence electrons. The summed E-state index contributed by atoms with van der Waals surface area (Å²) in [6.45, 7) is 2.49. The molecule has 28 heavy (non-hydrogen) atoms. The minimum absolute atomic E-state index is 0.198. The van der Waals surface area contributed by atoms with Gasteiger partial charge in [0.2, 0.25) is 0 Å². The molecule has 7 heteroatoms. The van der Waals surface area contributed by atoms with Crippen molar-refractivity contribution in [2.75, 3.05) is 20.8 Å². The number of aryl methyl sites for hydroxylation is 1. The number of rotatable bonds is 7. The monoisotopic (exact) mass is 416 g/mol. The molecule has 1 aromatic heterocycles. The van der Waals surface area contributed by atoms with E-state index in [9.17, 15) is 4.79 Å². The molecule has 0 aliphatic rings. The van der Waals surface area contributed by atoms with Crippen LogP contribution in [0.1, 0.15) is 20.9 Å². The van der Waals surface area contributed by atoms with Gasteiger partial charge in [0.25, 0.3) is 5.91 Å². The third kappa shape index (κ3) is 4.46. The van der Waals surface area contributed by atoms with Gasteiger partial charge in [0.05, 0.1) is 25.5 Å². The molecule has 5 nitrogen and oxygen atoms in total. The Morgan fingerprint density at radius 1 is 1.14 bits per heavy atom. The van der Waals surface area contributed by atoms with Gasteiger partial charge in [-0.25, -0.2) is 4.98 Å². The Bertz CT molecular complexity index is 970. The molecule has 0 unspecified atom stereocenters. The highest BCUT2D eigenvalue weighted by Gasteiger charge is 2.16. The van der Waals surface area contributed by atoms with Gasteiger partial charge < -0.3 is 14.8 Å². The summed E-state index contributed by atoms with van der Waals surface area (Å²) in [6.07, 6.45) is 0.703. The SMILES string of the molecule is COc1cccc(C(=O)NCCc2sc(-c3ccc(Cl)cc3)nc2C)c1OC. The summed E-state index contributed by atoms with van der Waals surface area (Å²) >= 11 is 7.58. The van der Waals surface area contributed by atoms with Gasteiger partial charge in [-0.3, -0.25) is 4.79 Å². The van der Waals surface area contributed by atoms with Crippen LogP contribution in [-0.4, -0.2) is 31.7 Å². The number of aromatic nitrogens is 1. The fraction of sp³-hybridized carbons (Fsp3) is 0.238. The van der Waals surface area contributed by atoms with Crippen molar-refractivity contribution in [2.45, 2.75) is 13.3 Å². The molecule has 0 radical (unpaired) electrons. The number of thiazole rings is 1. The van der Waals surface area contributed by atoms with Crippen molar-refractivity contribution in [3.8, 4) is 22.1 Å². The summed E-state index contributed by atoms with van der Waals surface area (Å²) < 4.78 is 10.6. The van der Waals surface area contributed by atoms with E-state index < -0.39 is 0 Å². The number of hydrogen-bond acceptors (Lipinski definition) is 5. The van der Waals surface area contributed by atoms with Crippen LogP contribution in [0.25, 0.3) is 10.6 Å². The zero-order valence-corrected chi connectivity index (χ0v) is 17.5. The normalized spacial score (nSPS) is 10.6. The lowest BCUT2D eigenvalue weighted by atomic mass is 10.1. The standard InChI is InChI=1S/C21H21ClN2O3S/c1-13-18(28-21(24-13)14-7-9-15(22)10-8-14)11-12-23-20(25)16-5-4-6-17(26-2)19(16)27-3/h4-10H,11-12H2,1-3H3,(H,23,25). The number of benzene rings is 2. The second-order valence-corrected chi connectivity index (χ2v) is 7.60. The number of methoxy groups -OCH3 is 2. The van der Waals surface area contributed by atoms with Gasteiger partial charge in [-0.05, 0) is 31.2 Å². The van der Waals surface area contributed by atoms with Crippen molar-refractivity contribution in [3.63, 3.8) is 0 Å². The van der Waals surface area contributed by atoms with Gasteiger partial charge in [-0.15, -0.1) is 11.3 Å². The molecule has 2 aromatic carbocycles. The maximum absolute atomic E-state index is 12.6. The zero-order chi connectivity index (χ0) is 20.1. The molecular formula is C21H21ClN2O3S. The molecule has 3 aromatic rings. The van der Waals surface area contributed by atoms with Gasteiger partial charge in [0.15, 0.2) is 11.5 Å². The van der Waals surface area contributed by atoms with Gasteiger partial charge in [-0.2, -0.15) is 0 Å². The number of ether oxygens (including phenoxy) is 2. The zero-order valence-electron chi connectivity index (χ0n) is 15.9. The van der Waals surface area contributed by atoms with Crippen LogP contribution < -0.4 is 14.8 Å². The first-order chi connectivity index (χ1) is 13.5. The summed E-state index contributed by atoms with van der Waals surface area (Å²) in [5.74, 6) is 0.762. The molecule has 1 amide bonds. The van der Waals surface area contributed by atoms with Crippen LogP contribution in [0.3, 0.4) is 0 Å². The predicted octanol–water partition coefficient (Wildman–Crippen LogP) is 4.76. The van der Waals surface area contributed by atoms with Crippen molar-refractivity contribution in [3.05, 3.63) is 63.6 Å². The molecule has 0 fully saturated rings. The maximum Gasteiger partial charge on any atom is 0.255 e. The minimum Gasteiger partial charge on any atom is -0.493 e. The van der Waals surface area contributed by atoms with Crippen LogP contribution in [0, 0.1) is 6.92 Å². The molecule has 0 saturated heterocycles. The van der Waals surface area contributed by atoms with Crippen molar-refractivity contribution in [1.29, 1.82) is 0 Å². The van der Waals surface area contributed by atoms with Crippen molar-refractivity contribution < 1.29 is 14.3 Å². The van der Waals surface area contributed by atoms with Crippen molar-refractivity contribution in [2.24, 2.45) is 0 Å². The lowest BCUT2D eigenvalue weighted by Gasteiger charge is -2.12. The van der Waals surface area contributed by atoms with Crippen LogP contribution in [0.15, 0.2) is 42.5 Å². The van der Waals surface area contributed by atoms with Crippen molar-refractivity contribution >= 4 is 28.8 Å². The average Bonchev–Trinajstić information content (AvgIpc) is 3.08. The van der Waals surface area contributed by atoms with Gasteiger partial charge in [0, 0.05) is 28.4 Å².